The van der Waals surface area contributed by atoms with Crippen molar-refractivity contribution in [1.29, 1.82) is 0 Å². The molecule has 0 bridgehead atoms. The summed E-state index contributed by atoms with van der Waals surface area (Å²) in [5.41, 5.74) is 1.03. The van der Waals surface area contributed by atoms with Crippen molar-refractivity contribution >= 4 is 21.6 Å². The third kappa shape index (κ3) is 4.83. The van der Waals surface area contributed by atoms with Gasteiger partial charge in [-0.2, -0.15) is 0 Å². The zero-order chi connectivity index (χ0) is 19.0. The molecule has 2 rings (SSSR count). The molecule has 140 valence electrons. The molecular formula is C19H24N2O4S. The highest BCUT2D eigenvalue weighted by Crippen LogP contribution is 2.23. The first-order valence-electron chi connectivity index (χ1n) is 8.45. The van der Waals surface area contributed by atoms with Crippen LogP contribution in [0.3, 0.4) is 0 Å². The van der Waals surface area contributed by atoms with Crippen LogP contribution in [0.1, 0.15) is 23.7 Å². The van der Waals surface area contributed by atoms with Gasteiger partial charge in [0.2, 0.25) is 0 Å². The molecule has 0 spiro atoms. The number of nitrogens with zero attached hydrogens (tertiary/aromatic N) is 1. The van der Waals surface area contributed by atoms with Crippen LogP contribution in [0.25, 0.3) is 0 Å². The average molecular weight is 376 g/mol. The van der Waals surface area contributed by atoms with Crippen LogP contribution >= 0.6 is 0 Å². The largest absolute Gasteiger partial charge is 0.385 e. The van der Waals surface area contributed by atoms with Crippen LogP contribution in [-0.2, 0) is 14.8 Å². The Kier molecular flexibility index (Phi) is 7.17. The van der Waals surface area contributed by atoms with Crippen molar-refractivity contribution in [3.05, 3.63) is 60.2 Å². The van der Waals surface area contributed by atoms with Crippen molar-refractivity contribution in [2.24, 2.45) is 0 Å². The maximum absolute atomic E-state index is 12.9. The number of methoxy groups -OCH3 is 1. The molecule has 2 aromatic carbocycles. The van der Waals surface area contributed by atoms with Gasteiger partial charge in [0.1, 0.15) is 0 Å². The Morgan fingerprint density at radius 2 is 1.73 bits per heavy atom. The lowest BCUT2D eigenvalue weighted by atomic mass is 10.2. The van der Waals surface area contributed by atoms with Gasteiger partial charge in [0, 0.05) is 32.4 Å². The summed E-state index contributed by atoms with van der Waals surface area (Å²) in [6, 6.07) is 14.9. The van der Waals surface area contributed by atoms with Gasteiger partial charge in [-0.15, -0.1) is 0 Å². The van der Waals surface area contributed by atoms with Crippen molar-refractivity contribution in [2.45, 2.75) is 18.2 Å². The predicted molar refractivity (Wildman–Crippen MR) is 102 cm³/mol. The second-order valence-corrected chi connectivity index (χ2v) is 7.49. The number of hydrogen-bond donors (Lipinski definition) is 1. The van der Waals surface area contributed by atoms with Crippen LogP contribution in [0, 0.1) is 0 Å². The van der Waals surface area contributed by atoms with E-state index in [-0.39, 0.29) is 10.8 Å². The average Bonchev–Trinajstić information content (AvgIpc) is 2.66. The molecule has 0 saturated heterocycles. The van der Waals surface area contributed by atoms with Gasteiger partial charge < -0.3 is 10.1 Å². The van der Waals surface area contributed by atoms with Crippen LogP contribution in [0.4, 0.5) is 5.69 Å². The molecule has 0 radical (unpaired) electrons. The molecule has 26 heavy (non-hydrogen) atoms. The Morgan fingerprint density at radius 3 is 2.31 bits per heavy atom. The summed E-state index contributed by atoms with van der Waals surface area (Å²) in [6.07, 6.45) is 0.719. The number of carbonyl (C=O) groups excluding carboxylic acids is 1. The molecule has 0 heterocycles. The molecule has 6 nitrogen and oxygen atoms in total. The van der Waals surface area contributed by atoms with Crippen LogP contribution in [0.5, 0.6) is 0 Å². The van der Waals surface area contributed by atoms with E-state index in [4.69, 9.17) is 4.74 Å². The topological polar surface area (TPSA) is 75.7 Å². The minimum Gasteiger partial charge on any atom is -0.385 e. The number of hydrogen-bond acceptors (Lipinski definition) is 4. The molecule has 0 fully saturated rings. The fourth-order valence-electron chi connectivity index (χ4n) is 2.51. The SMILES string of the molecule is CCN(c1ccccc1)S(=O)(=O)c1ccc(C(=O)NCCCOC)cc1. The van der Waals surface area contributed by atoms with Gasteiger partial charge in [-0.1, -0.05) is 18.2 Å². The standard InChI is InChI=1S/C19H24N2O4S/c1-3-21(17-8-5-4-6-9-17)26(23,24)18-12-10-16(11-13-18)19(22)20-14-7-15-25-2/h4-6,8-13H,3,7,14-15H2,1-2H3,(H,20,22). The number of sulfonamides is 1. The maximum atomic E-state index is 12.9. The number of anilines is 1. The van der Waals surface area contributed by atoms with Crippen molar-refractivity contribution in [2.75, 3.05) is 31.1 Å². The number of para-hydroxylation sites is 1. The lowest BCUT2D eigenvalue weighted by Gasteiger charge is -2.23. The second-order valence-electron chi connectivity index (χ2n) is 5.63. The van der Waals surface area contributed by atoms with E-state index >= 15 is 0 Å². The Hall–Kier alpha value is -2.38. The number of amides is 1. The highest BCUT2D eigenvalue weighted by Gasteiger charge is 2.23. The molecule has 1 amide bonds. The summed E-state index contributed by atoms with van der Waals surface area (Å²) in [6.45, 7) is 3.18. The summed E-state index contributed by atoms with van der Waals surface area (Å²) in [5.74, 6) is -0.236. The molecular weight excluding hydrogens is 352 g/mol. The van der Waals surface area contributed by atoms with E-state index in [9.17, 15) is 13.2 Å². The quantitative estimate of drug-likeness (QED) is 0.683. The van der Waals surface area contributed by atoms with E-state index in [0.717, 1.165) is 6.42 Å². The van der Waals surface area contributed by atoms with Gasteiger partial charge in [0.05, 0.1) is 10.6 Å². The number of nitrogens with one attached hydrogen (secondary N) is 1. The molecule has 0 aliphatic carbocycles. The summed E-state index contributed by atoms with van der Waals surface area (Å²) in [5, 5.41) is 2.77. The third-order valence-corrected chi connectivity index (χ3v) is 5.76. The summed E-state index contributed by atoms with van der Waals surface area (Å²) in [4.78, 5) is 12.2. The number of rotatable bonds is 9. The lowest BCUT2D eigenvalue weighted by Crippen LogP contribution is -2.31. The minimum absolute atomic E-state index is 0.152. The Balaban J connectivity index is 2.14. The fraction of sp³-hybridized carbons (Fsp3) is 0.316. The van der Waals surface area contributed by atoms with Crippen LogP contribution in [0.2, 0.25) is 0 Å². The zero-order valence-electron chi connectivity index (χ0n) is 15.0. The van der Waals surface area contributed by atoms with E-state index in [0.29, 0.717) is 30.9 Å². The molecule has 1 N–H and O–H groups in total. The van der Waals surface area contributed by atoms with E-state index in [2.05, 4.69) is 5.32 Å². The van der Waals surface area contributed by atoms with E-state index in [1.807, 2.05) is 6.07 Å². The Labute approximate surface area is 154 Å². The predicted octanol–water partition coefficient (Wildman–Crippen LogP) is 2.67. The van der Waals surface area contributed by atoms with Crippen LogP contribution < -0.4 is 9.62 Å². The molecule has 2 aromatic rings. The van der Waals surface area contributed by atoms with Crippen LogP contribution in [-0.4, -0.2) is 41.1 Å². The van der Waals surface area contributed by atoms with Gasteiger partial charge in [-0.3, -0.25) is 9.10 Å². The van der Waals surface area contributed by atoms with E-state index < -0.39 is 10.0 Å². The Bertz CT molecular complexity index is 805. The van der Waals surface area contributed by atoms with Crippen LogP contribution in [0.15, 0.2) is 59.5 Å². The number of ether oxygens (including phenoxy) is 1. The minimum atomic E-state index is -3.69. The molecule has 0 aromatic heterocycles. The molecule has 0 aliphatic rings. The highest BCUT2D eigenvalue weighted by atomic mass is 32.2. The molecule has 7 heteroatoms. The second kappa shape index (κ2) is 9.35. The normalized spacial score (nSPS) is 11.2. The molecule has 0 aliphatic heterocycles. The molecule has 0 atom stereocenters. The van der Waals surface area contributed by atoms with Crippen molar-refractivity contribution in [3.63, 3.8) is 0 Å². The van der Waals surface area contributed by atoms with Crippen molar-refractivity contribution in [3.8, 4) is 0 Å². The highest BCUT2D eigenvalue weighted by molar-refractivity contribution is 7.92. The summed E-state index contributed by atoms with van der Waals surface area (Å²) < 4.78 is 32.1. The first-order valence-corrected chi connectivity index (χ1v) is 9.89. The first kappa shape index (κ1) is 19.9. The van der Waals surface area contributed by atoms with E-state index in [1.54, 1.807) is 38.3 Å². The zero-order valence-corrected chi connectivity index (χ0v) is 15.8. The van der Waals surface area contributed by atoms with Gasteiger partial charge in [0.15, 0.2) is 0 Å². The monoisotopic (exact) mass is 376 g/mol. The lowest BCUT2D eigenvalue weighted by molar-refractivity contribution is 0.0948. The van der Waals surface area contributed by atoms with Gasteiger partial charge in [-0.25, -0.2) is 8.42 Å². The first-order chi connectivity index (χ1) is 12.5. The molecule has 0 saturated carbocycles. The smallest absolute Gasteiger partial charge is 0.264 e. The van der Waals surface area contributed by atoms with Gasteiger partial charge in [0.25, 0.3) is 15.9 Å². The van der Waals surface area contributed by atoms with Gasteiger partial charge in [-0.05, 0) is 49.7 Å². The number of carbonyl (C=O) groups is 1. The summed E-state index contributed by atoms with van der Waals surface area (Å²) in [7, 11) is -2.08. The maximum Gasteiger partial charge on any atom is 0.264 e. The molecule has 0 unspecified atom stereocenters. The third-order valence-electron chi connectivity index (χ3n) is 3.85. The number of benzene rings is 2. The Morgan fingerprint density at radius 1 is 1.08 bits per heavy atom. The van der Waals surface area contributed by atoms with Crippen molar-refractivity contribution < 1.29 is 17.9 Å². The fourth-order valence-corrected chi connectivity index (χ4v) is 3.99. The van der Waals surface area contributed by atoms with E-state index in [1.165, 1.54) is 28.6 Å². The van der Waals surface area contributed by atoms with Crippen molar-refractivity contribution in [1.82, 2.24) is 5.32 Å². The van der Waals surface area contributed by atoms with Gasteiger partial charge >= 0.3 is 0 Å². The summed E-state index contributed by atoms with van der Waals surface area (Å²) >= 11 is 0.